The van der Waals surface area contributed by atoms with E-state index < -0.39 is 0 Å². The molecule has 0 radical (unpaired) electrons. The summed E-state index contributed by atoms with van der Waals surface area (Å²) in [6, 6.07) is 9.49. The molecule has 2 heterocycles. The zero-order chi connectivity index (χ0) is 13.0. The number of hydrogen-bond donors (Lipinski definition) is 2. The van der Waals surface area contributed by atoms with Crippen molar-refractivity contribution in [1.29, 1.82) is 0 Å². The highest BCUT2D eigenvalue weighted by molar-refractivity contribution is 6.11. The Labute approximate surface area is 107 Å². The lowest BCUT2D eigenvalue weighted by Crippen LogP contribution is -2.17. The molecule has 0 aliphatic carbocycles. The topological polar surface area (TPSA) is 65.6 Å². The summed E-state index contributed by atoms with van der Waals surface area (Å²) < 4.78 is 5.19. The molecule has 0 saturated carbocycles. The molecule has 19 heavy (non-hydrogen) atoms. The molecule has 0 amide bonds. The molecule has 4 rings (SSSR count). The first-order chi connectivity index (χ1) is 9.24. The number of hydrogen-bond acceptors (Lipinski definition) is 3. The summed E-state index contributed by atoms with van der Waals surface area (Å²) in [5.74, 6) is -0.0806. The zero-order valence-electron chi connectivity index (χ0n) is 10.0. The van der Waals surface area contributed by atoms with Crippen molar-refractivity contribution in [3.8, 4) is 5.88 Å². The van der Waals surface area contributed by atoms with Gasteiger partial charge in [0, 0.05) is 10.8 Å². The number of nitrogens with one attached hydrogen (secondary N) is 1. The lowest BCUT2D eigenvalue weighted by atomic mass is 10.0. The standard InChI is InChI=1S/C15H11NO3/c17-14-11-3-1-2-8-4-5-9(6-10-7-19-10)13(12(8)11)15(18)16-14/h1-6,10H,7H2,(H2,16,17,18). The fourth-order valence-corrected chi connectivity index (χ4v) is 2.57. The highest BCUT2D eigenvalue weighted by Crippen LogP contribution is 2.27. The van der Waals surface area contributed by atoms with Gasteiger partial charge < -0.3 is 9.84 Å². The predicted octanol–water partition coefficient (Wildman–Crippen LogP) is 1.29. The molecule has 1 aromatic heterocycles. The second kappa shape index (κ2) is 3.59. The number of aromatic hydroxyl groups is 1. The summed E-state index contributed by atoms with van der Waals surface area (Å²) in [5, 5.41) is 13.8. The van der Waals surface area contributed by atoms with E-state index in [2.05, 4.69) is 4.98 Å². The molecule has 1 fully saturated rings. The molecule has 1 aliphatic heterocycles. The van der Waals surface area contributed by atoms with E-state index in [1.54, 1.807) is 6.07 Å². The van der Waals surface area contributed by atoms with Crippen LogP contribution in [0.2, 0.25) is 0 Å². The average Bonchev–Trinajstić information content (AvgIpc) is 3.20. The van der Waals surface area contributed by atoms with E-state index in [0.717, 1.165) is 16.0 Å². The maximum absolute atomic E-state index is 12.2. The molecule has 1 unspecified atom stereocenters. The number of aromatic nitrogens is 1. The second-order valence-corrected chi connectivity index (χ2v) is 4.77. The molecule has 1 saturated heterocycles. The predicted molar refractivity (Wildman–Crippen MR) is 73.2 cm³/mol. The number of aromatic amines is 1. The summed E-state index contributed by atoms with van der Waals surface area (Å²) in [7, 11) is 0. The first kappa shape index (κ1) is 10.6. The Morgan fingerprint density at radius 1 is 1.26 bits per heavy atom. The van der Waals surface area contributed by atoms with E-state index in [0.29, 0.717) is 17.4 Å². The molecule has 1 aliphatic rings. The molecule has 3 aromatic rings. The Morgan fingerprint density at radius 2 is 2.11 bits per heavy atom. The smallest absolute Gasteiger partial charge is 0.259 e. The summed E-state index contributed by atoms with van der Waals surface area (Å²) >= 11 is 0. The minimum Gasteiger partial charge on any atom is -0.494 e. The van der Waals surface area contributed by atoms with Crippen LogP contribution in [0.25, 0.3) is 27.6 Å². The molecular formula is C15H11NO3. The SMILES string of the molecule is O=c1[nH]c(O)c2cccc3ccc(=CC4CO4)c1c32. The quantitative estimate of drug-likeness (QED) is 0.642. The van der Waals surface area contributed by atoms with E-state index in [1.807, 2.05) is 30.3 Å². The van der Waals surface area contributed by atoms with Gasteiger partial charge in [-0.1, -0.05) is 24.3 Å². The van der Waals surface area contributed by atoms with Crippen LogP contribution in [0.1, 0.15) is 0 Å². The molecule has 2 aromatic carbocycles. The molecular weight excluding hydrogens is 242 g/mol. The maximum atomic E-state index is 12.2. The van der Waals surface area contributed by atoms with Crippen LogP contribution in [0.3, 0.4) is 0 Å². The number of H-pyrrole nitrogens is 1. The fraction of sp³-hybridized carbons (Fsp3) is 0.133. The van der Waals surface area contributed by atoms with Gasteiger partial charge in [0.15, 0.2) is 5.88 Å². The van der Waals surface area contributed by atoms with Gasteiger partial charge in [0.2, 0.25) is 0 Å². The Kier molecular flexibility index (Phi) is 2.00. The number of rotatable bonds is 1. The summed E-state index contributed by atoms with van der Waals surface area (Å²) in [6.07, 6.45) is 2.06. The van der Waals surface area contributed by atoms with Crippen molar-refractivity contribution >= 4 is 27.6 Å². The number of ether oxygens (including phenoxy) is 1. The lowest BCUT2D eigenvalue weighted by Gasteiger charge is -2.06. The number of epoxide rings is 1. The largest absolute Gasteiger partial charge is 0.494 e. The van der Waals surface area contributed by atoms with Gasteiger partial charge in [0.05, 0.1) is 18.1 Å². The third kappa shape index (κ3) is 1.54. The maximum Gasteiger partial charge on any atom is 0.259 e. The van der Waals surface area contributed by atoms with E-state index >= 15 is 0 Å². The zero-order valence-corrected chi connectivity index (χ0v) is 10.0. The molecule has 94 valence electrons. The van der Waals surface area contributed by atoms with Crippen LogP contribution in [-0.4, -0.2) is 22.8 Å². The van der Waals surface area contributed by atoms with Crippen molar-refractivity contribution < 1.29 is 9.84 Å². The fourth-order valence-electron chi connectivity index (χ4n) is 2.57. The first-order valence-electron chi connectivity index (χ1n) is 6.14. The van der Waals surface area contributed by atoms with Crippen LogP contribution in [0.4, 0.5) is 0 Å². The summed E-state index contributed by atoms with van der Waals surface area (Å²) in [4.78, 5) is 14.7. The van der Waals surface area contributed by atoms with Crippen LogP contribution >= 0.6 is 0 Å². The molecule has 4 heteroatoms. The Hall–Kier alpha value is -2.33. The van der Waals surface area contributed by atoms with Crippen LogP contribution in [0.15, 0.2) is 35.1 Å². The van der Waals surface area contributed by atoms with Gasteiger partial charge in [-0.15, -0.1) is 0 Å². The average molecular weight is 253 g/mol. The van der Waals surface area contributed by atoms with Gasteiger partial charge in [-0.2, -0.15) is 0 Å². The van der Waals surface area contributed by atoms with Gasteiger partial charge in [-0.25, -0.2) is 0 Å². The Morgan fingerprint density at radius 3 is 2.89 bits per heavy atom. The van der Waals surface area contributed by atoms with Gasteiger partial charge in [-0.3, -0.25) is 9.78 Å². The third-order valence-electron chi connectivity index (χ3n) is 3.52. The van der Waals surface area contributed by atoms with E-state index in [-0.39, 0.29) is 17.5 Å². The van der Waals surface area contributed by atoms with Gasteiger partial charge in [0.1, 0.15) is 0 Å². The van der Waals surface area contributed by atoms with Crippen molar-refractivity contribution in [3.63, 3.8) is 0 Å². The van der Waals surface area contributed by atoms with Crippen LogP contribution in [0.5, 0.6) is 5.88 Å². The Bertz CT molecular complexity index is 906. The monoisotopic (exact) mass is 253 g/mol. The van der Waals surface area contributed by atoms with Crippen molar-refractivity contribution in [1.82, 2.24) is 4.98 Å². The van der Waals surface area contributed by atoms with E-state index in [1.165, 1.54) is 0 Å². The van der Waals surface area contributed by atoms with Gasteiger partial charge >= 0.3 is 0 Å². The molecule has 0 bridgehead atoms. The van der Waals surface area contributed by atoms with Crippen LogP contribution in [-0.2, 0) is 4.74 Å². The molecule has 2 N–H and O–H groups in total. The van der Waals surface area contributed by atoms with Crippen molar-refractivity contribution in [2.75, 3.05) is 6.61 Å². The normalized spacial score (nSPS) is 19.4. The first-order valence-corrected chi connectivity index (χ1v) is 6.14. The number of pyridine rings is 1. The summed E-state index contributed by atoms with van der Waals surface area (Å²) in [6.45, 7) is 0.706. The minimum atomic E-state index is -0.270. The third-order valence-corrected chi connectivity index (χ3v) is 3.52. The minimum absolute atomic E-state index is 0.0806. The van der Waals surface area contributed by atoms with Crippen LogP contribution in [0, 0.1) is 0 Å². The Balaban J connectivity index is 2.30. The molecule has 1 atom stereocenters. The van der Waals surface area contributed by atoms with E-state index in [9.17, 15) is 9.90 Å². The van der Waals surface area contributed by atoms with Gasteiger partial charge in [-0.05, 0) is 22.7 Å². The lowest BCUT2D eigenvalue weighted by molar-refractivity contribution is 0.448. The second-order valence-electron chi connectivity index (χ2n) is 4.77. The highest BCUT2D eigenvalue weighted by Gasteiger charge is 2.19. The van der Waals surface area contributed by atoms with Crippen molar-refractivity contribution in [3.05, 3.63) is 45.9 Å². The number of benzene rings is 2. The van der Waals surface area contributed by atoms with E-state index in [4.69, 9.17) is 4.74 Å². The molecule has 0 spiro atoms. The van der Waals surface area contributed by atoms with Crippen molar-refractivity contribution in [2.24, 2.45) is 0 Å². The van der Waals surface area contributed by atoms with Crippen LogP contribution < -0.4 is 10.8 Å². The summed E-state index contributed by atoms with van der Waals surface area (Å²) in [5.41, 5.74) is -0.270. The van der Waals surface area contributed by atoms with Crippen molar-refractivity contribution in [2.45, 2.75) is 6.10 Å². The molecule has 4 nitrogen and oxygen atoms in total. The highest BCUT2D eigenvalue weighted by atomic mass is 16.6. The van der Waals surface area contributed by atoms with Gasteiger partial charge in [0.25, 0.3) is 5.56 Å².